The second-order valence-electron chi connectivity index (χ2n) is 6.32. The molecule has 4 heteroatoms. The molecule has 0 unspecified atom stereocenters. The molecule has 4 nitrogen and oxygen atoms in total. The van der Waals surface area contributed by atoms with E-state index in [1.165, 1.54) is 6.42 Å². The summed E-state index contributed by atoms with van der Waals surface area (Å²) in [6, 6.07) is 5.84. The molecule has 120 valence electrons. The monoisotopic (exact) mass is 302 g/mol. The Bertz CT molecular complexity index is 548. The van der Waals surface area contributed by atoms with Crippen molar-refractivity contribution in [3.8, 4) is 0 Å². The van der Waals surface area contributed by atoms with Crippen molar-refractivity contribution in [2.45, 2.75) is 46.0 Å². The van der Waals surface area contributed by atoms with Gasteiger partial charge in [-0.25, -0.2) is 0 Å². The highest BCUT2D eigenvalue weighted by Gasteiger charge is 2.25. The first-order valence-corrected chi connectivity index (χ1v) is 8.10. The highest BCUT2D eigenvalue weighted by atomic mass is 16.2. The first kappa shape index (κ1) is 16.5. The van der Waals surface area contributed by atoms with E-state index in [0.29, 0.717) is 0 Å². The van der Waals surface area contributed by atoms with E-state index in [0.717, 1.165) is 42.5 Å². The van der Waals surface area contributed by atoms with Gasteiger partial charge >= 0.3 is 0 Å². The largest absolute Gasteiger partial charge is 0.336 e. The highest BCUT2D eigenvalue weighted by Crippen LogP contribution is 2.25. The van der Waals surface area contributed by atoms with Crippen LogP contribution in [0, 0.1) is 19.8 Å². The van der Waals surface area contributed by atoms with Gasteiger partial charge in [-0.3, -0.25) is 9.59 Å². The molecule has 0 aromatic heterocycles. The van der Waals surface area contributed by atoms with E-state index in [9.17, 15) is 9.59 Å². The number of likely N-dealkylation sites (N-methyl/N-ethyl adjacent to an activating group) is 1. The number of carbonyl (C=O) groups excluding carboxylic acids is 2. The van der Waals surface area contributed by atoms with Crippen LogP contribution in [0.15, 0.2) is 18.2 Å². The average molecular weight is 302 g/mol. The van der Waals surface area contributed by atoms with Gasteiger partial charge in [0.05, 0.1) is 6.54 Å². The number of nitrogens with one attached hydrogen (secondary N) is 1. The molecule has 1 aliphatic rings. The number of hydrogen-bond acceptors (Lipinski definition) is 2. The fourth-order valence-electron chi connectivity index (χ4n) is 3.03. The zero-order chi connectivity index (χ0) is 16.1. The molecule has 0 radical (unpaired) electrons. The molecule has 1 N–H and O–H groups in total. The average Bonchev–Trinajstić information content (AvgIpc) is 2.52. The normalized spacial score (nSPS) is 15.4. The Balaban J connectivity index is 1.90. The van der Waals surface area contributed by atoms with Gasteiger partial charge in [-0.15, -0.1) is 0 Å². The van der Waals surface area contributed by atoms with Gasteiger partial charge in [-0.2, -0.15) is 0 Å². The summed E-state index contributed by atoms with van der Waals surface area (Å²) in [5, 5.41) is 2.91. The minimum absolute atomic E-state index is 0.104. The van der Waals surface area contributed by atoms with Crippen LogP contribution in [0.5, 0.6) is 0 Å². The Hall–Kier alpha value is -1.84. The number of anilines is 1. The smallest absolute Gasteiger partial charge is 0.243 e. The number of nitrogens with zero attached hydrogens (tertiary/aromatic N) is 1. The van der Waals surface area contributed by atoms with Gasteiger partial charge in [0.1, 0.15) is 0 Å². The maximum atomic E-state index is 12.4. The SMILES string of the molecule is Cc1cccc(NC(=O)CN(C)C(=O)C2CCCCC2)c1C. The Morgan fingerprint density at radius 1 is 1.18 bits per heavy atom. The van der Waals surface area contributed by atoms with Crippen molar-refractivity contribution in [1.29, 1.82) is 0 Å². The van der Waals surface area contributed by atoms with Gasteiger partial charge in [-0.05, 0) is 43.9 Å². The van der Waals surface area contributed by atoms with E-state index in [-0.39, 0.29) is 24.3 Å². The zero-order valence-corrected chi connectivity index (χ0v) is 13.8. The molecule has 1 aliphatic carbocycles. The fraction of sp³-hybridized carbons (Fsp3) is 0.556. The Morgan fingerprint density at radius 3 is 2.55 bits per heavy atom. The quantitative estimate of drug-likeness (QED) is 0.928. The standard InChI is InChI=1S/C18H26N2O2/c1-13-8-7-11-16(14(13)2)19-17(21)12-20(3)18(22)15-9-5-4-6-10-15/h7-8,11,15H,4-6,9-10,12H2,1-3H3,(H,19,21). The number of hydrogen-bond donors (Lipinski definition) is 1. The molecule has 0 saturated heterocycles. The van der Waals surface area contributed by atoms with Crippen LogP contribution in [0.1, 0.15) is 43.2 Å². The molecule has 0 bridgehead atoms. The van der Waals surface area contributed by atoms with Crippen LogP contribution >= 0.6 is 0 Å². The lowest BCUT2D eigenvalue weighted by Crippen LogP contribution is -2.39. The summed E-state index contributed by atoms with van der Waals surface area (Å²) in [5.41, 5.74) is 3.03. The summed E-state index contributed by atoms with van der Waals surface area (Å²) in [6.45, 7) is 4.12. The highest BCUT2D eigenvalue weighted by molar-refractivity contribution is 5.95. The first-order chi connectivity index (χ1) is 10.5. The fourth-order valence-corrected chi connectivity index (χ4v) is 3.03. The van der Waals surface area contributed by atoms with Crippen molar-refractivity contribution >= 4 is 17.5 Å². The van der Waals surface area contributed by atoms with Crippen LogP contribution in [0.4, 0.5) is 5.69 Å². The second-order valence-corrected chi connectivity index (χ2v) is 6.32. The van der Waals surface area contributed by atoms with Gasteiger partial charge in [-0.1, -0.05) is 31.4 Å². The third-order valence-electron chi connectivity index (χ3n) is 4.59. The summed E-state index contributed by atoms with van der Waals surface area (Å²) in [5.74, 6) is 0.0726. The topological polar surface area (TPSA) is 49.4 Å². The zero-order valence-electron chi connectivity index (χ0n) is 13.8. The molecule has 0 aliphatic heterocycles. The predicted molar refractivity (Wildman–Crippen MR) is 88.8 cm³/mol. The number of aryl methyl sites for hydroxylation is 1. The lowest BCUT2D eigenvalue weighted by molar-refractivity contribution is -0.137. The molecule has 1 aromatic rings. The summed E-state index contributed by atoms with van der Waals surface area (Å²) >= 11 is 0. The van der Waals surface area contributed by atoms with Crippen molar-refractivity contribution < 1.29 is 9.59 Å². The number of rotatable bonds is 4. The second kappa shape index (κ2) is 7.43. The number of amides is 2. The van der Waals surface area contributed by atoms with Crippen LogP contribution in [0.3, 0.4) is 0 Å². The third-order valence-corrected chi connectivity index (χ3v) is 4.59. The lowest BCUT2D eigenvalue weighted by Gasteiger charge is -2.26. The van der Waals surface area contributed by atoms with Gasteiger partial charge in [0.25, 0.3) is 0 Å². The van der Waals surface area contributed by atoms with E-state index in [4.69, 9.17) is 0 Å². The molecular weight excluding hydrogens is 276 g/mol. The summed E-state index contributed by atoms with van der Waals surface area (Å²) in [4.78, 5) is 26.1. The number of carbonyl (C=O) groups is 2. The Morgan fingerprint density at radius 2 is 1.86 bits per heavy atom. The minimum atomic E-state index is -0.139. The summed E-state index contributed by atoms with van der Waals surface area (Å²) in [7, 11) is 1.72. The molecule has 0 atom stereocenters. The van der Waals surface area contributed by atoms with E-state index < -0.39 is 0 Å². The lowest BCUT2D eigenvalue weighted by atomic mass is 9.88. The molecule has 2 amide bonds. The summed E-state index contributed by atoms with van der Waals surface area (Å²) in [6.07, 6.45) is 5.39. The van der Waals surface area contributed by atoms with Gasteiger partial charge in [0.15, 0.2) is 0 Å². The van der Waals surface area contributed by atoms with E-state index in [1.807, 2.05) is 32.0 Å². The Kier molecular flexibility index (Phi) is 5.58. The van der Waals surface area contributed by atoms with Crippen molar-refractivity contribution in [3.63, 3.8) is 0 Å². The van der Waals surface area contributed by atoms with Crippen molar-refractivity contribution in [1.82, 2.24) is 4.90 Å². The maximum Gasteiger partial charge on any atom is 0.243 e. The van der Waals surface area contributed by atoms with Gasteiger partial charge in [0.2, 0.25) is 11.8 Å². The van der Waals surface area contributed by atoms with Crippen molar-refractivity contribution in [3.05, 3.63) is 29.3 Å². The van der Waals surface area contributed by atoms with Gasteiger partial charge < -0.3 is 10.2 Å². The van der Waals surface area contributed by atoms with Crippen molar-refractivity contribution in [2.24, 2.45) is 5.92 Å². The molecule has 1 aromatic carbocycles. The van der Waals surface area contributed by atoms with Crippen LogP contribution in [-0.4, -0.2) is 30.3 Å². The molecule has 2 rings (SSSR count). The molecule has 0 heterocycles. The molecule has 1 fully saturated rings. The van der Waals surface area contributed by atoms with Crippen molar-refractivity contribution in [2.75, 3.05) is 18.9 Å². The van der Waals surface area contributed by atoms with Crippen LogP contribution in [0.25, 0.3) is 0 Å². The van der Waals surface area contributed by atoms with Gasteiger partial charge in [0, 0.05) is 18.7 Å². The summed E-state index contributed by atoms with van der Waals surface area (Å²) < 4.78 is 0. The van der Waals surface area contributed by atoms with Crippen LogP contribution in [-0.2, 0) is 9.59 Å². The van der Waals surface area contributed by atoms with E-state index in [1.54, 1.807) is 11.9 Å². The predicted octanol–water partition coefficient (Wildman–Crippen LogP) is 3.28. The molecular formula is C18H26N2O2. The van der Waals surface area contributed by atoms with Crippen LogP contribution in [0.2, 0.25) is 0 Å². The maximum absolute atomic E-state index is 12.4. The number of benzene rings is 1. The minimum Gasteiger partial charge on any atom is -0.336 e. The third kappa shape index (κ3) is 4.09. The molecule has 0 spiro atoms. The van der Waals surface area contributed by atoms with E-state index in [2.05, 4.69) is 5.32 Å². The first-order valence-electron chi connectivity index (χ1n) is 8.10. The van der Waals surface area contributed by atoms with Crippen LogP contribution < -0.4 is 5.32 Å². The van der Waals surface area contributed by atoms with E-state index >= 15 is 0 Å². The molecule has 22 heavy (non-hydrogen) atoms. The Labute approximate surface area is 132 Å². The molecule has 1 saturated carbocycles.